The second-order valence-corrected chi connectivity index (χ2v) is 4.11. The molecule has 2 rings (SSSR count). The second-order valence-electron chi connectivity index (χ2n) is 4.11. The molecule has 0 fully saturated rings. The molecule has 0 saturated heterocycles. The maximum Gasteiger partial charge on any atom is 0.0794 e. The van der Waals surface area contributed by atoms with E-state index in [4.69, 9.17) is 5.11 Å². The van der Waals surface area contributed by atoms with Crippen LogP contribution in [-0.4, -0.2) is 42.1 Å². The Labute approximate surface area is 95.3 Å². The molecule has 1 aromatic rings. The lowest BCUT2D eigenvalue weighted by Crippen LogP contribution is -2.46. The molecular weight excluding hydrogens is 204 g/mol. The molecule has 0 bridgehead atoms. The van der Waals surface area contributed by atoms with E-state index in [0.29, 0.717) is 19.5 Å². The molecule has 0 radical (unpaired) electrons. The van der Waals surface area contributed by atoms with Crippen molar-refractivity contribution in [1.29, 1.82) is 0 Å². The summed E-state index contributed by atoms with van der Waals surface area (Å²) in [6.45, 7) is 1.35. The summed E-state index contributed by atoms with van der Waals surface area (Å²) in [6.07, 6.45) is 0.315. The molecular formula is C12H18N2O2. The van der Waals surface area contributed by atoms with Gasteiger partial charge in [-0.3, -0.25) is 0 Å². The van der Waals surface area contributed by atoms with Gasteiger partial charge in [0.15, 0.2) is 0 Å². The smallest absolute Gasteiger partial charge is 0.0794 e. The van der Waals surface area contributed by atoms with Crippen LogP contribution in [0.5, 0.6) is 0 Å². The first-order chi connectivity index (χ1) is 7.81. The summed E-state index contributed by atoms with van der Waals surface area (Å²) in [5, 5.41) is 25.0. The maximum absolute atomic E-state index is 9.95. The van der Waals surface area contributed by atoms with E-state index in [2.05, 4.69) is 10.6 Å². The number of aliphatic hydroxyl groups is 2. The average Bonchev–Trinajstić information content (AvgIpc) is 2.30. The van der Waals surface area contributed by atoms with Crippen LogP contribution in [0.25, 0.3) is 0 Å². The van der Waals surface area contributed by atoms with Crippen molar-refractivity contribution in [3.63, 3.8) is 0 Å². The van der Waals surface area contributed by atoms with E-state index in [0.717, 1.165) is 11.3 Å². The van der Waals surface area contributed by atoms with Crippen molar-refractivity contribution in [3.8, 4) is 0 Å². The van der Waals surface area contributed by atoms with Crippen LogP contribution in [-0.2, 0) is 6.42 Å². The molecule has 4 N–H and O–H groups in total. The molecule has 4 nitrogen and oxygen atoms in total. The van der Waals surface area contributed by atoms with Gasteiger partial charge < -0.3 is 20.8 Å². The zero-order valence-electron chi connectivity index (χ0n) is 9.19. The van der Waals surface area contributed by atoms with Crippen LogP contribution in [0.1, 0.15) is 5.56 Å². The number of fused-ring (bicyclic) bond motifs is 1. The number of benzene rings is 1. The number of para-hydroxylation sites is 1. The van der Waals surface area contributed by atoms with E-state index in [1.54, 1.807) is 0 Å². The van der Waals surface area contributed by atoms with Crippen LogP contribution in [0.15, 0.2) is 24.3 Å². The molecule has 1 heterocycles. The highest BCUT2D eigenvalue weighted by molar-refractivity contribution is 5.54. The Morgan fingerprint density at radius 3 is 3.00 bits per heavy atom. The minimum Gasteiger partial charge on any atom is -0.395 e. The Bertz CT molecular complexity index is 344. The Morgan fingerprint density at radius 2 is 2.19 bits per heavy atom. The molecule has 2 unspecified atom stereocenters. The van der Waals surface area contributed by atoms with Crippen LogP contribution >= 0.6 is 0 Å². The Kier molecular flexibility index (Phi) is 3.77. The second kappa shape index (κ2) is 5.30. The number of rotatable bonds is 4. The molecule has 0 amide bonds. The molecule has 0 aromatic heterocycles. The first-order valence-corrected chi connectivity index (χ1v) is 5.65. The molecule has 0 spiro atoms. The van der Waals surface area contributed by atoms with E-state index in [9.17, 15) is 5.11 Å². The first kappa shape index (κ1) is 11.4. The molecule has 88 valence electrons. The van der Waals surface area contributed by atoms with Gasteiger partial charge in [0, 0.05) is 25.2 Å². The SMILES string of the molecule is OCCNCC1Nc2ccccc2CC1O. The monoisotopic (exact) mass is 222 g/mol. The average molecular weight is 222 g/mol. The van der Waals surface area contributed by atoms with Crippen molar-refractivity contribution in [2.75, 3.05) is 25.0 Å². The fourth-order valence-corrected chi connectivity index (χ4v) is 2.03. The van der Waals surface area contributed by atoms with Crippen molar-refractivity contribution in [2.24, 2.45) is 0 Å². The van der Waals surface area contributed by atoms with Crippen LogP contribution in [0.4, 0.5) is 5.69 Å². The molecule has 2 atom stereocenters. The Balaban J connectivity index is 1.98. The maximum atomic E-state index is 9.95. The summed E-state index contributed by atoms with van der Waals surface area (Å²) in [6, 6.07) is 8.05. The van der Waals surface area contributed by atoms with Crippen molar-refractivity contribution in [1.82, 2.24) is 5.32 Å². The van der Waals surface area contributed by atoms with Crippen LogP contribution in [0.3, 0.4) is 0 Å². The van der Waals surface area contributed by atoms with Gasteiger partial charge in [0.05, 0.1) is 18.8 Å². The topological polar surface area (TPSA) is 64.5 Å². The molecule has 0 saturated carbocycles. The largest absolute Gasteiger partial charge is 0.395 e. The minimum absolute atomic E-state index is 0.0152. The Hall–Kier alpha value is -1.10. The zero-order chi connectivity index (χ0) is 11.4. The Morgan fingerprint density at radius 1 is 1.38 bits per heavy atom. The molecule has 1 aromatic carbocycles. The van der Waals surface area contributed by atoms with Crippen molar-refractivity contribution < 1.29 is 10.2 Å². The predicted octanol–water partition coefficient (Wildman–Crippen LogP) is -0.0340. The molecule has 4 heteroatoms. The van der Waals surface area contributed by atoms with E-state index in [1.165, 1.54) is 0 Å². The van der Waals surface area contributed by atoms with Gasteiger partial charge in [-0.25, -0.2) is 0 Å². The quantitative estimate of drug-likeness (QED) is 0.540. The minimum atomic E-state index is -0.374. The standard InChI is InChI=1S/C12H18N2O2/c15-6-5-13-8-11-12(16)7-9-3-1-2-4-10(9)14-11/h1-4,11-16H,5-8H2. The van der Waals surface area contributed by atoms with Crippen LogP contribution < -0.4 is 10.6 Å². The number of anilines is 1. The van der Waals surface area contributed by atoms with Gasteiger partial charge in [0.1, 0.15) is 0 Å². The number of aliphatic hydroxyl groups excluding tert-OH is 2. The van der Waals surface area contributed by atoms with Crippen LogP contribution in [0, 0.1) is 0 Å². The fourth-order valence-electron chi connectivity index (χ4n) is 2.03. The lowest BCUT2D eigenvalue weighted by Gasteiger charge is -2.31. The van der Waals surface area contributed by atoms with Crippen LogP contribution in [0.2, 0.25) is 0 Å². The van der Waals surface area contributed by atoms with Gasteiger partial charge in [-0.2, -0.15) is 0 Å². The van der Waals surface area contributed by atoms with E-state index in [-0.39, 0.29) is 18.8 Å². The van der Waals surface area contributed by atoms with Gasteiger partial charge in [0.25, 0.3) is 0 Å². The zero-order valence-corrected chi connectivity index (χ0v) is 9.19. The molecule has 1 aliphatic rings. The third-order valence-electron chi connectivity index (χ3n) is 2.90. The van der Waals surface area contributed by atoms with E-state index < -0.39 is 0 Å². The number of hydrogen-bond donors (Lipinski definition) is 4. The number of hydrogen-bond acceptors (Lipinski definition) is 4. The highest BCUT2D eigenvalue weighted by Crippen LogP contribution is 2.24. The third kappa shape index (κ3) is 2.52. The van der Waals surface area contributed by atoms with Gasteiger partial charge in [-0.15, -0.1) is 0 Å². The summed E-state index contributed by atoms with van der Waals surface area (Å²) >= 11 is 0. The molecule has 1 aliphatic heterocycles. The highest BCUT2D eigenvalue weighted by Gasteiger charge is 2.25. The van der Waals surface area contributed by atoms with Crippen molar-refractivity contribution in [3.05, 3.63) is 29.8 Å². The fraction of sp³-hybridized carbons (Fsp3) is 0.500. The first-order valence-electron chi connectivity index (χ1n) is 5.65. The summed E-state index contributed by atoms with van der Waals surface area (Å²) in [4.78, 5) is 0. The van der Waals surface area contributed by atoms with Gasteiger partial charge in [-0.05, 0) is 11.6 Å². The normalized spacial score (nSPS) is 23.6. The summed E-state index contributed by atoms with van der Waals surface area (Å²) in [5.74, 6) is 0. The van der Waals surface area contributed by atoms with E-state index >= 15 is 0 Å². The molecule has 0 aliphatic carbocycles. The lowest BCUT2D eigenvalue weighted by molar-refractivity contribution is 0.146. The lowest BCUT2D eigenvalue weighted by atomic mass is 9.95. The van der Waals surface area contributed by atoms with E-state index in [1.807, 2.05) is 24.3 Å². The van der Waals surface area contributed by atoms with Gasteiger partial charge in [-0.1, -0.05) is 18.2 Å². The highest BCUT2D eigenvalue weighted by atomic mass is 16.3. The molecule has 16 heavy (non-hydrogen) atoms. The van der Waals surface area contributed by atoms with Gasteiger partial charge >= 0.3 is 0 Å². The predicted molar refractivity (Wildman–Crippen MR) is 63.5 cm³/mol. The van der Waals surface area contributed by atoms with Crippen molar-refractivity contribution >= 4 is 5.69 Å². The third-order valence-corrected chi connectivity index (χ3v) is 2.90. The van der Waals surface area contributed by atoms with Gasteiger partial charge in [0.2, 0.25) is 0 Å². The summed E-state index contributed by atoms with van der Waals surface area (Å²) in [5.41, 5.74) is 2.26. The summed E-state index contributed by atoms with van der Waals surface area (Å²) < 4.78 is 0. The number of nitrogens with one attached hydrogen (secondary N) is 2. The van der Waals surface area contributed by atoms with Crippen molar-refractivity contribution in [2.45, 2.75) is 18.6 Å². The summed E-state index contributed by atoms with van der Waals surface area (Å²) in [7, 11) is 0.